The standard InChI is InChI=1S/C17H16ClN3O2/c1-10(2)22-15-8-5-12(9-14(15)18)16-20-17(23-21-16)11-3-6-13(19)7-4-11/h3-10H,19H2,1-2H3. The molecular weight excluding hydrogens is 314 g/mol. The molecule has 23 heavy (non-hydrogen) atoms. The van der Waals surface area contributed by atoms with Crippen LogP contribution < -0.4 is 10.5 Å². The number of ether oxygens (including phenoxy) is 1. The van der Waals surface area contributed by atoms with Crippen LogP contribution in [0.15, 0.2) is 47.0 Å². The maximum absolute atomic E-state index is 6.24. The Morgan fingerprint density at radius 1 is 1.09 bits per heavy atom. The molecule has 0 saturated carbocycles. The second-order valence-electron chi connectivity index (χ2n) is 5.36. The van der Waals surface area contributed by atoms with Crippen molar-refractivity contribution in [3.8, 4) is 28.6 Å². The highest BCUT2D eigenvalue weighted by molar-refractivity contribution is 6.32. The molecule has 0 atom stereocenters. The Morgan fingerprint density at radius 2 is 1.78 bits per heavy atom. The number of hydrogen-bond donors (Lipinski definition) is 1. The molecule has 0 amide bonds. The predicted octanol–water partition coefficient (Wildman–Crippen LogP) is 4.43. The van der Waals surface area contributed by atoms with Gasteiger partial charge in [0, 0.05) is 16.8 Å². The molecule has 0 spiro atoms. The average molecular weight is 330 g/mol. The van der Waals surface area contributed by atoms with E-state index < -0.39 is 0 Å². The van der Waals surface area contributed by atoms with Gasteiger partial charge in [-0.15, -0.1) is 0 Å². The molecule has 2 N–H and O–H groups in total. The zero-order chi connectivity index (χ0) is 16.4. The zero-order valence-corrected chi connectivity index (χ0v) is 13.5. The van der Waals surface area contributed by atoms with Crippen LogP contribution in [0.4, 0.5) is 5.69 Å². The monoisotopic (exact) mass is 329 g/mol. The molecule has 2 aromatic carbocycles. The Hall–Kier alpha value is -2.53. The summed E-state index contributed by atoms with van der Waals surface area (Å²) < 4.78 is 10.9. The van der Waals surface area contributed by atoms with Crippen LogP contribution in [-0.2, 0) is 0 Å². The largest absolute Gasteiger partial charge is 0.489 e. The summed E-state index contributed by atoms with van der Waals surface area (Å²) in [6, 6.07) is 12.6. The first-order valence-electron chi connectivity index (χ1n) is 7.19. The Morgan fingerprint density at radius 3 is 2.43 bits per heavy atom. The van der Waals surface area contributed by atoms with E-state index >= 15 is 0 Å². The molecule has 0 fully saturated rings. The predicted molar refractivity (Wildman–Crippen MR) is 90.4 cm³/mol. The van der Waals surface area contributed by atoms with Crippen molar-refractivity contribution in [1.29, 1.82) is 0 Å². The van der Waals surface area contributed by atoms with Crippen molar-refractivity contribution in [2.75, 3.05) is 5.73 Å². The lowest BCUT2D eigenvalue weighted by molar-refractivity contribution is 0.242. The fraction of sp³-hybridized carbons (Fsp3) is 0.176. The molecule has 0 unspecified atom stereocenters. The summed E-state index contributed by atoms with van der Waals surface area (Å²) in [5.74, 6) is 1.53. The Kier molecular flexibility index (Phi) is 4.21. The fourth-order valence-electron chi connectivity index (χ4n) is 2.07. The minimum Gasteiger partial charge on any atom is -0.489 e. The van der Waals surface area contributed by atoms with Crippen molar-refractivity contribution in [3.63, 3.8) is 0 Å². The third-order valence-corrected chi connectivity index (χ3v) is 3.43. The lowest BCUT2D eigenvalue weighted by atomic mass is 10.2. The van der Waals surface area contributed by atoms with E-state index in [9.17, 15) is 0 Å². The number of halogens is 1. The average Bonchev–Trinajstić information content (AvgIpc) is 2.99. The maximum atomic E-state index is 6.24. The van der Waals surface area contributed by atoms with Crippen LogP contribution in [0.25, 0.3) is 22.8 Å². The summed E-state index contributed by atoms with van der Waals surface area (Å²) in [7, 11) is 0. The number of nitrogens with zero attached hydrogens (tertiary/aromatic N) is 2. The first-order valence-corrected chi connectivity index (χ1v) is 7.57. The van der Waals surface area contributed by atoms with Gasteiger partial charge in [0.2, 0.25) is 5.82 Å². The van der Waals surface area contributed by atoms with E-state index in [0.29, 0.717) is 28.2 Å². The Bertz CT molecular complexity index is 813. The van der Waals surface area contributed by atoms with Crippen molar-refractivity contribution in [2.45, 2.75) is 20.0 Å². The van der Waals surface area contributed by atoms with Crippen molar-refractivity contribution in [2.24, 2.45) is 0 Å². The van der Waals surface area contributed by atoms with Gasteiger partial charge in [-0.05, 0) is 56.3 Å². The van der Waals surface area contributed by atoms with Crippen LogP contribution in [0.2, 0.25) is 5.02 Å². The smallest absolute Gasteiger partial charge is 0.258 e. The third-order valence-electron chi connectivity index (χ3n) is 3.14. The molecule has 5 nitrogen and oxygen atoms in total. The number of hydrogen-bond acceptors (Lipinski definition) is 5. The highest BCUT2D eigenvalue weighted by atomic mass is 35.5. The van der Waals surface area contributed by atoms with Crippen molar-refractivity contribution < 1.29 is 9.26 Å². The van der Waals surface area contributed by atoms with E-state index in [1.54, 1.807) is 24.3 Å². The molecule has 1 heterocycles. The summed E-state index contributed by atoms with van der Waals surface area (Å²) in [6.45, 7) is 3.89. The van der Waals surface area contributed by atoms with Crippen molar-refractivity contribution >= 4 is 17.3 Å². The van der Waals surface area contributed by atoms with E-state index in [4.69, 9.17) is 26.6 Å². The van der Waals surface area contributed by atoms with E-state index in [1.807, 2.05) is 32.0 Å². The summed E-state index contributed by atoms with van der Waals surface area (Å²) >= 11 is 6.24. The van der Waals surface area contributed by atoms with Gasteiger partial charge in [-0.1, -0.05) is 16.8 Å². The molecule has 3 rings (SSSR count). The van der Waals surface area contributed by atoms with Gasteiger partial charge in [0.25, 0.3) is 5.89 Å². The van der Waals surface area contributed by atoms with Gasteiger partial charge in [-0.2, -0.15) is 4.98 Å². The first-order chi connectivity index (χ1) is 11.0. The lowest BCUT2D eigenvalue weighted by Crippen LogP contribution is -2.05. The maximum Gasteiger partial charge on any atom is 0.258 e. The lowest BCUT2D eigenvalue weighted by Gasteiger charge is -2.11. The number of anilines is 1. The van der Waals surface area contributed by atoms with Crippen LogP contribution >= 0.6 is 11.6 Å². The summed E-state index contributed by atoms with van der Waals surface area (Å²) in [5, 5.41) is 4.51. The number of benzene rings is 2. The molecule has 0 aliphatic carbocycles. The van der Waals surface area contributed by atoms with Crippen LogP contribution in [0, 0.1) is 0 Å². The van der Waals surface area contributed by atoms with Gasteiger partial charge in [0.1, 0.15) is 5.75 Å². The van der Waals surface area contributed by atoms with Gasteiger partial charge >= 0.3 is 0 Å². The van der Waals surface area contributed by atoms with Crippen molar-refractivity contribution in [3.05, 3.63) is 47.5 Å². The van der Waals surface area contributed by atoms with E-state index in [0.717, 1.165) is 11.1 Å². The summed E-state index contributed by atoms with van der Waals surface area (Å²) in [6.07, 6.45) is 0.0562. The number of rotatable bonds is 4. The number of nitrogens with two attached hydrogens (primary N) is 1. The van der Waals surface area contributed by atoms with Crippen LogP contribution in [0.1, 0.15) is 13.8 Å². The van der Waals surface area contributed by atoms with E-state index in [2.05, 4.69) is 10.1 Å². The molecule has 3 aromatic rings. The quantitative estimate of drug-likeness (QED) is 0.717. The highest BCUT2D eigenvalue weighted by Gasteiger charge is 2.13. The topological polar surface area (TPSA) is 74.2 Å². The van der Waals surface area contributed by atoms with Gasteiger partial charge in [-0.25, -0.2) is 0 Å². The SMILES string of the molecule is CC(C)Oc1ccc(-c2noc(-c3ccc(N)cc3)n2)cc1Cl. The molecule has 0 radical (unpaired) electrons. The van der Waals surface area contributed by atoms with Crippen LogP contribution in [-0.4, -0.2) is 16.2 Å². The third kappa shape index (κ3) is 3.46. The van der Waals surface area contributed by atoms with E-state index in [-0.39, 0.29) is 6.10 Å². The van der Waals surface area contributed by atoms with Crippen LogP contribution in [0.5, 0.6) is 5.75 Å². The second-order valence-corrected chi connectivity index (χ2v) is 5.76. The molecular formula is C17H16ClN3O2. The second kappa shape index (κ2) is 6.30. The fourth-order valence-corrected chi connectivity index (χ4v) is 2.30. The van der Waals surface area contributed by atoms with Gasteiger partial charge in [0.05, 0.1) is 11.1 Å². The minimum atomic E-state index is 0.0562. The zero-order valence-electron chi connectivity index (χ0n) is 12.8. The number of aromatic nitrogens is 2. The highest BCUT2D eigenvalue weighted by Crippen LogP contribution is 2.31. The normalized spacial score (nSPS) is 11.0. The minimum absolute atomic E-state index is 0.0562. The molecule has 6 heteroatoms. The van der Waals surface area contributed by atoms with Gasteiger partial charge < -0.3 is 15.0 Å². The molecule has 0 aliphatic heterocycles. The first kappa shape index (κ1) is 15.4. The Balaban J connectivity index is 1.88. The summed E-state index contributed by atoms with van der Waals surface area (Å²) in [5.41, 5.74) is 7.92. The van der Waals surface area contributed by atoms with Gasteiger partial charge in [0.15, 0.2) is 0 Å². The molecule has 0 saturated heterocycles. The number of nitrogen functional groups attached to an aromatic ring is 1. The van der Waals surface area contributed by atoms with Crippen LogP contribution in [0.3, 0.4) is 0 Å². The molecule has 1 aromatic heterocycles. The molecule has 0 aliphatic rings. The molecule has 118 valence electrons. The van der Waals surface area contributed by atoms with Crippen molar-refractivity contribution in [1.82, 2.24) is 10.1 Å². The Labute approximate surface area is 139 Å². The van der Waals surface area contributed by atoms with Gasteiger partial charge in [-0.3, -0.25) is 0 Å². The van der Waals surface area contributed by atoms with E-state index in [1.165, 1.54) is 0 Å². The molecule has 0 bridgehead atoms. The summed E-state index contributed by atoms with van der Waals surface area (Å²) in [4.78, 5) is 4.39.